The summed E-state index contributed by atoms with van der Waals surface area (Å²) in [4.78, 5) is 12.2. The van der Waals surface area contributed by atoms with Crippen LogP contribution in [-0.2, 0) is 0 Å². The third kappa shape index (κ3) is 3.48. The number of benzene rings is 1. The molecule has 0 aliphatic heterocycles. The summed E-state index contributed by atoms with van der Waals surface area (Å²) in [5, 5.41) is 6.19. The quantitative estimate of drug-likeness (QED) is 0.842. The Balaban J connectivity index is 2.02. The fourth-order valence-corrected chi connectivity index (χ4v) is 2.55. The van der Waals surface area contributed by atoms with Crippen molar-refractivity contribution in [2.75, 3.05) is 27.2 Å². The summed E-state index contributed by atoms with van der Waals surface area (Å²) >= 11 is 3.38. The number of hydrogen-bond acceptors (Lipinski definition) is 3. The zero-order chi connectivity index (χ0) is 13.9. The van der Waals surface area contributed by atoms with E-state index in [2.05, 4.69) is 26.6 Å². The molecule has 0 atom stereocenters. The molecule has 0 saturated heterocycles. The van der Waals surface area contributed by atoms with E-state index in [4.69, 9.17) is 4.74 Å². The summed E-state index contributed by atoms with van der Waals surface area (Å²) in [6.45, 7) is 1.66. The van der Waals surface area contributed by atoms with Crippen molar-refractivity contribution in [2.45, 2.75) is 12.8 Å². The van der Waals surface area contributed by atoms with Gasteiger partial charge in [0.2, 0.25) is 0 Å². The van der Waals surface area contributed by atoms with Crippen LogP contribution >= 0.6 is 15.9 Å². The van der Waals surface area contributed by atoms with Crippen LogP contribution in [0.25, 0.3) is 0 Å². The van der Waals surface area contributed by atoms with E-state index in [0.717, 1.165) is 11.0 Å². The lowest BCUT2D eigenvalue weighted by Crippen LogP contribution is -2.35. The lowest BCUT2D eigenvalue weighted by atomic mass is 10.1. The van der Waals surface area contributed by atoms with E-state index < -0.39 is 0 Å². The van der Waals surface area contributed by atoms with E-state index in [9.17, 15) is 4.79 Å². The molecular weight excluding hydrogens is 308 g/mol. The molecule has 4 nitrogen and oxygen atoms in total. The van der Waals surface area contributed by atoms with Gasteiger partial charge >= 0.3 is 0 Å². The Hall–Kier alpha value is -1.07. The molecule has 0 heterocycles. The van der Waals surface area contributed by atoms with Crippen molar-refractivity contribution in [2.24, 2.45) is 5.41 Å². The smallest absolute Gasteiger partial charge is 0.255 e. The fourth-order valence-electron chi connectivity index (χ4n) is 2.19. The van der Waals surface area contributed by atoms with Crippen molar-refractivity contribution in [3.05, 3.63) is 28.2 Å². The molecule has 1 saturated carbocycles. The number of amides is 1. The number of nitrogens with one attached hydrogen (secondary N) is 2. The van der Waals surface area contributed by atoms with E-state index in [1.54, 1.807) is 19.2 Å². The second-order valence-corrected chi connectivity index (χ2v) is 5.97. The highest BCUT2D eigenvalue weighted by Crippen LogP contribution is 2.44. The fraction of sp³-hybridized carbons (Fsp3) is 0.500. The molecule has 1 fully saturated rings. The maximum atomic E-state index is 12.2. The molecule has 19 heavy (non-hydrogen) atoms. The van der Waals surface area contributed by atoms with Crippen LogP contribution in [0.5, 0.6) is 5.75 Å². The predicted molar refractivity (Wildman–Crippen MR) is 78.6 cm³/mol. The number of methoxy groups -OCH3 is 1. The summed E-state index contributed by atoms with van der Waals surface area (Å²) in [5.41, 5.74) is 0.820. The largest absolute Gasteiger partial charge is 0.496 e. The van der Waals surface area contributed by atoms with Gasteiger partial charge in [0.1, 0.15) is 5.75 Å². The normalized spacial score (nSPS) is 15.9. The first-order valence-electron chi connectivity index (χ1n) is 6.36. The average Bonchev–Trinajstić information content (AvgIpc) is 3.17. The van der Waals surface area contributed by atoms with Crippen molar-refractivity contribution < 1.29 is 9.53 Å². The maximum Gasteiger partial charge on any atom is 0.255 e. The van der Waals surface area contributed by atoms with Crippen LogP contribution < -0.4 is 15.4 Å². The zero-order valence-electron chi connectivity index (χ0n) is 11.3. The van der Waals surface area contributed by atoms with Crippen molar-refractivity contribution >= 4 is 21.8 Å². The van der Waals surface area contributed by atoms with Crippen LogP contribution in [0.2, 0.25) is 0 Å². The van der Waals surface area contributed by atoms with Crippen molar-refractivity contribution in [3.63, 3.8) is 0 Å². The van der Waals surface area contributed by atoms with Gasteiger partial charge < -0.3 is 15.4 Å². The van der Waals surface area contributed by atoms with Crippen LogP contribution in [0.15, 0.2) is 22.7 Å². The van der Waals surface area contributed by atoms with Gasteiger partial charge in [0.25, 0.3) is 5.91 Å². The molecular formula is C14H19BrN2O2. The lowest BCUT2D eigenvalue weighted by molar-refractivity contribution is 0.0941. The maximum absolute atomic E-state index is 12.2. The molecule has 1 aromatic carbocycles. The first kappa shape index (κ1) is 14.3. The molecule has 5 heteroatoms. The molecule has 104 valence electrons. The average molecular weight is 327 g/mol. The number of halogens is 1. The predicted octanol–water partition coefficient (Wildman–Crippen LogP) is 2.19. The minimum atomic E-state index is -0.0828. The highest BCUT2D eigenvalue weighted by molar-refractivity contribution is 9.10. The van der Waals surface area contributed by atoms with Gasteiger partial charge in [0, 0.05) is 23.0 Å². The molecule has 0 bridgehead atoms. The minimum absolute atomic E-state index is 0.0828. The summed E-state index contributed by atoms with van der Waals surface area (Å²) in [7, 11) is 3.52. The van der Waals surface area contributed by atoms with Crippen LogP contribution in [0.3, 0.4) is 0 Å². The Morgan fingerprint density at radius 1 is 1.42 bits per heavy atom. The number of rotatable bonds is 6. The van der Waals surface area contributed by atoms with Crippen molar-refractivity contribution in [1.82, 2.24) is 10.6 Å². The highest BCUT2D eigenvalue weighted by Gasteiger charge is 2.42. The van der Waals surface area contributed by atoms with Gasteiger partial charge in [-0.3, -0.25) is 4.79 Å². The Kier molecular flexibility index (Phi) is 4.47. The van der Waals surface area contributed by atoms with E-state index >= 15 is 0 Å². The van der Waals surface area contributed by atoms with Gasteiger partial charge in [-0.15, -0.1) is 0 Å². The summed E-state index contributed by atoms with van der Waals surface area (Å²) < 4.78 is 6.09. The second kappa shape index (κ2) is 5.92. The first-order chi connectivity index (χ1) is 9.10. The Morgan fingerprint density at radius 2 is 2.16 bits per heavy atom. The molecule has 2 N–H and O–H groups in total. The zero-order valence-corrected chi connectivity index (χ0v) is 12.8. The van der Waals surface area contributed by atoms with Crippen molar-refractivity contribution in [3.8, 4) is 5.75 Å². The SMILES string of the molecule is CNCC1(CNC(=O)c2cc(Br)ccc2OC)CC1. The molecule has 2 rings (SSSR count). The molecule has 0 aromatic heterocycles. The van der Waals surface area contributed by atoms with Gasteiger partial charge in [-0.2, -0.15) is 0 Å². The molecule has 0 spiro atoms. The summed E-state index contributed by atoms with van der Waals surface area (Å²) in [6, 6.07) is 5.43. The third-order valence-corrected chi connectivity index (χ3v) is 4.03. The van der Waals surface area contributed by atoms with Crippen LogP contribution in [0.1, 0.15) is 23.2 Å². The monoisotopic (exact) mass is 326 g/mol. The molecule has 0 radical (unpaired) electrons. The first-order valence-corrected chi connectivity index (χ1v) is 7.16. The van der Waals surface area contributed by atoms with Gasteiger partial charge in [0.15, 0.2) is 0 Å². The van der Waals surface area contributed by atoms with E-state index in [1.165, 1.54) is 12.8 Å². The van der Waals surface area contributed by atoms with Crippen LogP contribution in [0.4, 0.5) is 0 Å². The third-order valence-electron chi connectivity index (χ3n) is 3.54. The standard InChI is InChI=1S/C14H19BrN2O2/c1-16-8-14(5-6-14)9-17-13(18)11-7-10(15)3-4-12(11)19-2/h3-4,7,16H,5-6,8-9H2,1-2H3,(H,17,18). The summed E-state index contributed by atoms with van der Waals surface area (Å²) in [6.07, 6.45) is 2.34. The minimum Gasteiger partial charge on any atom is -0.496 e. The Morgan fingerprint density at radius 3 is 2.74 bits per heavy atom. The molecule has 1 aromatic rings. The van der Waals surface area contributed by atoms with Crippen LogP contribution in [-0.4, -0.2) is 33.2 Å². The van der Waals surface area contributed by atoms with Gasteiger partial charge in [-0.05, 0) is 38.1 Å². The van der Waals surface area contributed by atoms with E-state index in [0.29, 0.717) is 17.9 Å². The molecule has 1 aliphatic carbocycles. The Bertz CT molecular complexity index is 473. The number of hydrogen-bond donors (Lipinski definition) is 2. The van der Waals surface area contributed by atoms with Crippen molar-refractivity contribution in [1.29, 1.82) is 0 Å². The van der Waals surface area contributed by atoms with E-state index in [1.807, 2.05) is 13.1 Å². The lowest BCUT2D eigenvalue weighted by Gasteiger charge is -2.16. The number of carbonyl (C=O) groups is 1. The van der Waals surface area contributed by atoms with Crippen LogP contribution in [0, 0.1) is 5.41 Å². The van der Waals surface area contributed by atoms with Gasteiger partial charge in [-0.25, -0.2) is 0 Å². The molecule has 1 amide bonds. The summed E-state index contributed by atoms with van der Waals surface area (Å²) in [5.74, 6) is 0.514. The second-order valence-electron chi connectivity index (χ2n) is 5.06. The Labute approximate surface area is 122 Å². The van der Waals surface area contributed by atoms with Gasteiger partial charge in [0.05, 0.1) is 12.7 Å². The number of ether oxygens (including phenoxy) is 1. The van der Waals surface area contributed by atoms with E-state index in [-0.39, 0.29) is 11.3 Å². The van der Waals surface area contributed by atoms with Gasteiger partial charge in [-0.1, -0.05) is 15.9 Å². The topological polar surface area (TPSA) is 50.4 Å². The molecule has 1 aliphatic rings. The molecule has 0 unspecified atom stereocenters. The highest BCUT2D eigenvalue weighted by atomic mass is 79.9. The number of carbonyl (C=O) groups excluding carboxylic acids is 1.